The minimum Gasteiger partial charge on any atom is -0.381 e. The Kier molecular flexibility index (Phi) is 4.55. The Morgan fingerprint density at radius 3 is 3.10 bits per heavy atom. The van der Waals surface area contributed by atoms with Crippen LogP contribution in [0, 0.1) is 5.92 Å². The molecule has 2 fully saturated rings. The van der Waals surface area contributed by atoms with Gasteiger partial charge in [-0.25, -0.2) is 0 Å². The predicted octanol–water partition coefficient (Wildman–Crippen LogP) is 1.41. The standard InChI is InChI=1S/C15H23N3O3/c1-18(5-7-21-9-11-2-3-11)15(19)13-8-16-17-14(13)12-4-6-20-10-12/h8,11-12H,2-7,9-10H2,1H3,(H,16,17)/t12-/m0/s1. The van der Waals surface area contributed by atoms with Crippen LogP contribution in [0.1, 0.15) is 41.2 Å². The van der Waals surface area contributed by atoms with E-state index in [0.29, 0.717) is 25.3 Å². The summed E-state index contributed by atoms with van der Waals surface area (Å²) in [6.07, 6.45) is 5.14. The van der Waals surface area contributed by atoms with Gasteiger partial charge in [0, 0.05) is 32.7 Å². The number of ether oxygens (including phenoxy) is 2. The second-order valence-corrected chi connectivity index (χ2v) is 6.00. The first-order valence-electron chi connectivity index (χ1n) is 7.70. The zero-order valence-corrected chi connectivity index (χ0v) is 12.5. The van der Waals surface area contributed by atoms with Gasteiger partial charge in [-0.15, -0.1) is 0 Å². The van der Waals surface area contributed by atoms with Gasteiger partial charge < -0.3 is 14.4 Å². The van der Waals surface area contributed by atoms with Crippen LogP contribution in [0.5, 0.6) is 0 Å². The van der Waals surface area contributed by atoms with E-state index in [1.165, 1.54) is 12.8 Å². The molecule has 1 aromatic heterocycles. The molecule has 1 aliphatic carbocycles. The third-order valence-corrected chi connectivity index (χ3v) is 4.21. The van der Waals surface area contributed by atoms with Crippen molar-refractivity contribution in [3.8, 4) is 0 Å². The molecule has 116 valence electrons. The minimum absolute atomic E-state index is 0.000622. The number of H-pyrrole nitrogens is 1. The number of carbonyl (C=O) groups is 1. The first-order valence-corrected chi connectivity index (χ1v) is 7.70. The van der Waals surface area contributed by atoms with Crippen LogP contribution < -0.4 is 0 Å². The summed E-state index contributed by atoms with van der Waals surface area (Å²) in [5.41, 5.74) is 1.57. The fourth-order valence-electron chi connectivity index (χ4n) is 2.58. The fourth-order valence-corrected chi connectivity index (χ4v) is 2.58. The maximum atomic E-state index is 12.5. The lowest BCUT2D eigenvalue weighted by Gasteiger charge is -2.18. The SMILES string of the molecule is CN(CCOCC1CC1)C(=O)c1cn[nH]c1[C@H]1CCOC1. The van der Waals surface area contributed by atoms with Crippen LogP contribution in [0.2, 0.25) is 0 Å². The Bertz CT molecular complexity index is 478. The average molecular weight is 293 g/mol. The number of rotatable bonds is 7. The molecular formula is C15H23N3O3. The quantitative estimate of drug-likeness (QED) is 0.772. The Balaban J connectivity index is 1.52. The van der Waals surface area contributed by atoms with Crippen LogP contribution in [-0.2, 0) is 9.47 Å². The van der Waals surface area contributed by atoms with Gasteiger partial charge in [0.25, 0.3) is 5.91 Å². The van der Waals surface area contributed by atoms with Crippen LogP contribution in [0.25, 0.3) is 0 Å². The molecule has 1 aliphatic heterocycles. The summed E-state index contributed by atoms with van der Waals surface area (Å²) in [4.78, 5) is 14.2. The van der Waals surface area contributed by atoms with Gasteiger partial charge in [-0.2, -0.15) is 5.10 Å². The van der Waals surface area contributed by atoms with Crippen molar-refractivity contribution in [2.24, 2.45) is 5.92 Å². The topological polar surface area (TPSA) is 67.5 Å². The van der Waals surface area contributed by atoms with Crippen molar-refractivity contribution in [1.82, 2.24) is 15.1 Å². The highest BCUT2D eigenvalue weighted by Gasteiger charge is 2.26. The number of hydrogen-bond acceptors (Lipinski definition) is 4. The van der Waals surface area contributed by atoms with Crippen molar-refractivity contribution in [3.63, 3.8) is 0 Å². The van der Waals surface area contributed by atoms with Crippen LogP contribution in [0.3, 0.4) is 0 Å². The van der Waals surface area contributed by atoms with E-state index in [-0.39, 0.29) is 11.8 Å². The highest BCUT2D eigenvalue weighted by molar-refractivity contribution is 5.95. The average Bonchev–Trinajstić information content (AvgIpc) is 2.97. The highest BCUT2D eigenvalue weighted by atomic mass is 16.5. The van der Waals surface area contributed by atoms with Crippen molar-refractivity contribution >= 4 is 5.91 Å². The number of nitrogens with one attached hydrogen (secondary N) is 1. The second kappa shape index (κ2) is 6.58. The molecule has 3 rings (SSSR count). The summed E-state index contributed by atoms with van der Waals surface area (Å²) in [6.45, 7) is 3.45. The molecule has 2 heterocycles. The number of aromatic nitrogens is 2. The molecule has 0 radical (unpaired) electrons. The Morgan fingerprint density at radius 2 is 2.38 bits per heavy atom. The molecule has 1 atom stereocenters. The minimum atomic E-state index is 0.000622. The van der Waals surface area contributed by atoms with Crippen LogP contribution in [0.15, 0.2) is 6.20 Å². The predicted molar refractivity (Wildman–Crippen MR) is 77.3 cm³/mol. The molecule has 1 N–H and O–H groups in total. The van der Waals surface area contributed by atoms with E-state index in [1.807, 2.05) is 7.05 Å². The van der Waals surface area contributed by atoms with Crippen LogP contribution >= 0.6 is 0 Å². The van der Waals surface area contributed by atoms with Crippen molar-refractivity contribution < 1.29 is 14.3 Å². The van der Waals surface area contributed by atoms with Gasteiger partial charge >= 0.3 is 0 Å². The number of hydrogen-bond donors (Lipinski definition) is 1. The third-order valence-electron chi connectivity index (χ3n) is 4.21. The van der Waals surface area contributed by atoms with Gasteiger partial charge in [0.1, 0.15) is 0 Å². The summed E-state index contributed by atoms with van der Waals surface area (Å²) in [6, 6.07) is 0. The number of nitrogens with zero attached hydrogens (tertiary/aromatic N) is 2. The fraction of sp³-hybridized carbons (Fsp3) is 0.733. The van der Waals surface area contributed by atoms with Gasteiger partial charge in [-0.1, -0.05) is 0 Å². The van der Waals surface area contributed by atoms with E-state index in [0.717, 1.165) is 31.2 Å². The Morgan fingerprint density at radius 1 is 1.52 bits per heavy atom. The zero-order valence-electron chi connectivity index (χ0n) is 12.5. The molecule has 21 heavy (non-hydrogen) atoms. The summed E-state index contributed by atoms with van der Waals surface area (Å²) in [5.74, 6) is 1.01. The molecule has 1 aromatic rings. The Labute approximate surface area is 124 Å². The van der Waals surface area contributed by atoms with Crippen molar-refractivity contribution in [3.05, 3.63) is 17.5 Å². The summed E-state index contributed by atoms with van der Waals surface area (Å²) in [7, 11) is 1.81. The van der Waals surface area contributed by atoms with Gasteiger partial charge in [-0.3, -0.25) is 9.89 Å². The molecule has 2 aliphatic rings. The first-order chi connectivity index (χ1) is 10.3. The molecule has 1 saturated heterocycles. The van der Waals surface area contributed by atoms with E-state index in [9.17, 15) is 4.79 Å². The summed E-state index contributed by atoms with van der Waals surface area (Å²) < 4.78 is 11.0. The number of likely N-dealkylation sites (N-methyl/N-ethyl adjacent to an activating group) is 1. The summed E-state index contributed by atoms with van der Waals surface area (Å²) >= 11 is 0. The van der Waals surface area contributed by atoms with Gasteiger partial charge in [0.05, 0.1) is 30.7 Å². The molecule has 0 aromatic carbocycles. The normalized spacial score (nSPS) is 21.7. The molecule has 6 nitrogen and oxygen atoms in total. The highest BCUT2D eigenvalue weighted by Crippen LogP contribution is 2.29. The lowest BCUT2D eigenvalue weighted by molar-refractivity contribution is 0.0679. The second-order valence-electron chi connectivity index (χ2n) is 6.00. The molecular weight excluding hydrogens is 270 g/mol. The Hall–Kier alpha value is -1.40. The van der Waals surface area contributed by atoms with Crippen molar-refractivity contribution in [2.75, 3.05) is 40.0 Å². The smallest absolute Gasteiger partial charge is 0.257 e. The van der Waals surface area contributed by atoms with Crippen molar-refractivity contribution in [1.29, 1.82) is 0 Å². The molecule has 0 bridgehead atoms. The van der Waals surface area contributed by atoms with E-state index >= 15 is 0 Å². The van der Waals surface area contributed by atoms with Gasteiger partial charge in [0.15, 0.2) is 0 Å². The van der Waals surface area contributed by atoms with Gasteiger partial charge in [-0.05, 0) is 25.2 Å². The molecule has 0 spiro atoms. The number of carbonyl (C=O) groups excluding carboxylic acids is 1. The molecule has 0 unspecified atom stereocenters. The monoisotopic (exact) mass is 293 g/mol. The number of aromatic amines is 1. The van der Waals surface area contributed by atoms with E-state index in [4.69, 9.17) is 9.47 Å². The first kappa shape index (κ1) is 14.5. The zero-order chi connectivity index (χ0) is 14.7. The maximum absolute atomic E-state index is 12.5. The van der Waals surface area contributed by atoms with E-state index in [1.54, 1.807) is 11.1 Å². The molecule has 1 amide bonds. The summed E-state index contributed by atoms with van der Waals surface area (Å²) in [5, 5.41) is 7.00. The van der Waals surface area contributed by atoms with Crippen molar-refractivity contribution in [2.45, 2.75) is 25.2 Å². The third kappa shape index (κ3) is 3.63. The number of amides is 1. The van der Waals surface area contributed by atoms with Crippen LogP contribution in [0.4, 0.5) is 0 Å². The van der Waals surface area contributed by atoms with Gasteiger partial charge in [0.2, 0.25) is 0 Å². The van der Waals surface area contributed by atoms with Crippen LogP contribution in [-0.4, -0.2) is 61.0 Å². The van der Waals surface area contributed by atoms with E-state index < -0.39 is 0 Å². The lowest BCUT2D eigenvalue weighted by Crippen LogP contribution is -2.31. The van der Waals surface area contributed by atoms with E-state index in [2.05, 4.69) is 10.2 Å². The lowest BCUT2D eigenvalue weighted by atomic mass is 10.0. The maximum Gasteiger partial charge on any atom is 0.257 e. The molecule has 6 heteroatoms. The largest absolute Gasteiger partial charge is 0.381 e. The molecule has 1 saturated carbocycles.